The second-order valence-corrected chi connectivity index (χ2v) is 10.9. The minimum Gasteiger partial charge on any atom is -0.494 e. The van der Waals surface area contributed by atoms with Crippen molar-refractivity contribution in [1.82, 2.24) is 13.9 Å². The van der Waals surface area contributed by atoms with Crippen LogP contribution >= 0.6 is 11.3 Å². The van der Waals surface area contributed by atoms with E-state index in [0.717, 1.165) is 16.9 Å². The fourth-order valence-corrected chi connectivity index (χ4v) is 6.33. The van der Waals surface area contributed by atoms with E-state index in [0.29, 0.717) is 35.6 Å². The molecule has 4 rings (SSSR count). The number of hydrogen-bond acceptors (Lipinski definition) is 7. The smallest absolute Gasteiger partial charge is 0.263 e. The molecule has 2 aromatic carbocycles. The van der Waals surface area contributed by atoms with Gasteiger partial charge in [0.2, 0.25) is 15.9 Å². The zero-order valence-corrected chi connectivity index (χ0v) is 22.4. The second-order valence-electron chi connectivity index (χ2n) is 8.13. The Labute approximate surface area is 219 Å². The number of amides is 1. The highest BCUT2D eigenvalue weighted by atomic mass is 32.2. The van der Waals surface area contributed by atoms with Gasteiger partial charge in [-0.25, -0.2) is 13.4 Å². The largest absolute Gasteiger partial charge is 0.494 e. The number of ether oxygens (including phenoxy) is 1. The van der Waals surface area contributed by atoms with Gasteiger partial charge in [0.25, 0.3) is 5.56 Å². The van der Waals surface area contributed by atoms with Gasteiger partial charge < -0.3 is 10.1 Å². The molecule has 9 nitrogen and oxygen atoms in total. The Hall–Kier alpha value is -3.54. The molecule has 0 fully saturated rings. The molecule has 0 radical (unpaired) electrons. The number of fused-ring (bicyclic) bond motifs is 1. The van der Waals surface area contributed by atoms with Gasteiger partial charge in [-0.05, 0) is 48.9 Å². The third-order valence-corrected chi connectivity index (χ3v) is 8.78. The number of anilines is 1. The number of sulfonamides is 1. The van der Waals surface area contributed by atoms with Crippen molar-refractivity contribution in [2.75, 3.05) is 25.0 Å². The van der Waals surface area contributed by atoms with E-state index in [2.05, 4.69) is 10.3 Å². The highest BCUT2D eigenvalue weighted by Gasteiger charge is 2.21. The third-order valence-electron chi connectivity index (χ3n) is 5.83. The molecule has 4 aromatic rings. The number of carbonyl (C=O) groups excluding carboxylic acids is 1. The number of rotatable bonds is 10. The Morgan fingerprint density at radius 2 is 1.73 bits per heavy atom. The number of nitrogens with zero attached hydrogens (tertiary/aromatic N) is 3. The van der Waals surface area contributed by atoms with Gasteiger partial charge in [0.1, 0.15) is 17.1 Å². The van der Waals surface area contributed by atoms with Gasteiger partial charge in [-0.2, -0.15) is 4.31 Å². The summed E-state index contributed by atoms with van der Waals surface area (Å²) >= 11 is 1.37. The number of thiophene rings is 1. The maximum absolute atomic E-state index is 13.3. The van der Waals surface area contributed by atoms with Crippen molar-refractivity contribution < 1.29 is 17.9 Å². The number of benzene rings is 2. The van der Waals surface area contributed by atoms with Crippen LogP contribution in [0.4, 0.5) is 5.69 Å². The summed E-state index contributed by atoms with van der Waals surface area (Å²) in [5.74, 6) is 0.317. The molecule has 0 aliphatic heterocycles. The van der Waals surface area contributed by atoms with Crippen LogP contribution in [0, 0.1) is 0 Å². The molecule has 0 bridgehead atoms. The average molecular weight is 541 g/mol. The first-order chi connectivity index (χ1) is 17.8. The van der Waals surface area contributed by atoms with Crippen molar-refractivity contribution in [3.63, 3.8) is 0 Å². The number of nitrogens with one attached hydrogen (secondary N) is 1. The summed E-state index contributed by atoms with van der Waals surface area (Å²) in [6.07, 6.45) is 1.36. The normalized spacial score (nSPS) is 11.7. The number of hydrogen-bond donors (Lipinski definition) is 1. The van der Waals surface area contributed by atoms with Gasteiger partial charge in [0, 0.05) is 29.7 Å². The van der Waals surface area contributed by atoms with Crippen LogP contribution in [-0.4, -0.2) is 47.9 Å². The lowest BCUT2D eigenvalue weighted by Crippen LogP contribution is -2.30. The van der Waals surface area contributed by atoms with Gasteiger partial charge in [-0.1, -0.05) is 26.0 Å². The van der Waals surface area contributed by atoms with Crippen molar-refractivity contribution in [2.24, 2.45) is 0 Å². The topological polar surface area (TPSA) is 111 Å². The van der Waals surface area contributed by atoms with E-state index in [1.807, 2.05) is 36.6 Å². The predicted octanol–water partition coefficient (Wildman–Crippen LogP) is 4.19. The van der Waals surface area contributed by atoms with Crippen LogP contribution in [0.2, 0.25) is 0 Å². The van der Waals surface area contributed by atoms with E-state index in [1.54, 1.807) is 13.8 Å². The molecule has 0 unspecified atom stereocenters. The lowest BCUT2D eigenvalue weighted by atomic mass is 10.1. The first kappa shape index (κ1) is 26.5. The first-order valence-corrected chi connectivity index (χ1v) is 14.2. The van der Waals surface area contributed by atoms with Gasteiger partial charge in [-0.3, -0.25) is 14.2 Å². The van der Waals surface area contributed by atoms with E-state index in [-0.39, 0.29) is 17.0 Å². The molecule has 0 saturated carbocycles. The molecule has 1 amide bonds. The maximum atomic E-state index is 13.3. The van der Waals surface area contributed by atoms with Crippen LogP contribution in [0.15, 0.2) is 69.9 Å². The lowest BCUT2D eigenvalue weighted by Gasteiger charge is -2.18. The second kappa shape index (κ2) is 11.2. The summed E-state index contributed by atoms with van der Waals surface area (Å²) in [7, 11) is -3.59. The number of aromatic nitrogens is 2. The van der Waals surface area contributed by atoms with Crippen molar-refractivity contribution >= 4 is 43.2 Å². The molecule has 2 heterocycles. The van der Waals surface area contributed by atoms with E-state index in [1.165, 1.54) is 50.8 Å². The molecule has 2 aromatic heterocycles. The Bertz CT molecular complexity index is 1560. The maximum Gasteiger partial charge on any atom is 0.263 e. The minimum atomic E-state index is -3.59. The fraction of sp³-hybridized carbons (Fsp3) is 0.269. The van der Waals surface area contributed by atoms with E-state index >= 15 is 0 Å². The summed E-state index contributed by atoms with van der Waals surface area (Å²) in [4.78, 5) is 31.1. The van der Waals surface area contributed by atoms with Crippen LogP contribution in [-0.2, 0) is 21.4 Å². The zero-order valence-electron chi connectivity index (χ0n) is 20.8. The van der Waals surface area contributed by atoms with Crippen LogP contribution in [0.3, 0.4) is 0 Å². The summed E-state index contributed by atoms with van der Waals surface area (Å²) in [6.45, 7) is 6.54. The third kappa shape index (κ3) is 5.58. The van der Waals surface area contributed by atoms with Crippen molar-refractivity contribution in [2.45, 2.75) is 32.2 Å². The van der Waals surface area contributed by atoms with Gasteiger partial charge in [0.05, 0.1) is 23.2 Å². The van der Waals surface area contributed by atoms with E-state index in [4.69, 9.17) is 4.74 Å². The molecule has 0 aliphatic carbocycles. The molecule has 0 atom stereocenters. The molecule has 37 heavy (non-hydrogen) atoms. The van der Waals surface area contributed by atoms with Crippen molar-refractivity contribution in [3.8, 4) is 16.9 Å². The molecular weight excluding hydrogens is 512 g/mol. The summed E-state index contributed by atoms with van der Waals surface area (Å²) in [5.41, 5.74) is 1.72. The first-order valence-electron chi connectivity index (χ1n) is 11.9. The summed E-state index contributed by atoms with van der Waals surface area (Å²) in [6, 6.07) is 13.4. The minimum absolute atomic E-state index is 0.152. The van der Waals surface area contributed by atoms with Gasteiger partial charge >= 0.3 is 0 Å². The summed E-state index contributed by atoms with van der Waals surface area (Å²) in [5, 5.41) is 5.05. The Morgan fingerprint density at radius 3 is 2.35 bits per heavy atom. The quantitative estimate of drug-likeness (QED) is 0.323. The molecule has 1 N–H and O–H groups in total. The molecular formula is C26H28N4O5S2. The Balaban J connectivity index is 1.52. The van der Waals surface area contributed by atoms with Crippen molar-refractivity contribution in [3.05, 3.63) is 70.6 Å². The molecule has 0 spiro atoms. The van der Waals surface area contributed by atoms with Crippen LogP contribution in [0.5, 0.6) is 5.75 Å². The standard InChI is InChI=1S/C26H28N4O5S2/c1-4-30(5-2)37(33,34)21-13-9-19(10-14-21)28-23(31)15-29-17-27-25-24(26(29)32)22(16-36-25)18-7-11-20(12-8-18)35-6-3/h7-14,16-17H,4-6,15H2,1-3H3,(H,28,31). The average Bonchev–Trinajstić information content (AvgIpc) is 3.32. The van der Waals surface area contributed by atoms with Crippen LogP contribution in [0.1, 0.15) is 20.8 Å². The van der Waals surface area contributed by atoms with Crippen LogP contribution < -0.4 is 15.6 Å². The van der Waals surface area contributed by atoms with E-state index < -0.39 is 15.9 Å². The molecule has 0 saturated heterocycles. The SMILES string of the molecule is CCOc1ccc(-c2csc3ncn(CC(=O)Nc4ccc(S(=O)(=O)N(CC)CC)cc4)c(=O)c23)cc1. The van der Waals surface area contributed by atoms with Crippen molar-refractivity contribution in [1.29, 1.82) is 0 Å². The van der Waals surface area contributed by atoms with Gasteiger partial charge in [0.15, 0.2) is 0 Å². The van der Waals surface area contributed by atoms with Crippen LogP contribution in [0.25, 0.3) is 21.3 Å². The number of carbonyl (C=O) groups is 1. The molecule has 194 valence electrons. The monoisotopic (exact) mass is 540 g/mol. The lowest BCUT2D eigenvalue weighted by molar-refractivity contribution is -0.116. The zero-order chi connectivity index (χ0) is 26.6. The predicted molar refractivity (Wildman–Crippen MR) is 146 cm³/mol. The molecule has 0 aliphatic rings. The highest BCUT2D eigenvalue weighted by molar-refractivity contribution is 7.89. The summed E-state index contributed by atoms with van der Waals surface area (Å²) < 4.78 is 33.4. The Morgan fingerprint density at radius 1 is 1.05 bits per heavy atom. The Kier molecular flexibility index (Phi) is 8.06. The fourth-order valence-electron chi connectivity index (χ4n) is 3.97. The van der Waals surface area contributed by atoms with Gasteiger partial charge in [-0.15, -0.1) is 11.3 Å². The highest BCUT2D eigenvalue weighted by Crippen LogP contribution is 2.31. The molecule has 11 heteroatoms. The van der Waals surface area contributed by atoms with E-state index in [9.17, 15) is 18.0 Å².